The lowest BCUT2D eigenvalue weighted by atomic mass is 10.3. The number of fused-ring (bicyclic) bond motifs is 1. The van der Waals surface area contributed by atoms with Crippen molar-refractivity contribution in [3.05, 3.63) is 17.3 Å². The molecular weight excluding hydrogens is 279 g/mol. The number of nitrogens with zero attached hydrogens (tertiary/aromatic N) is 3. The highest BCUT2D eigenvalue weighted by Crippen LogP contribution is 2.32. The van der Waals surface area contributed by atoms with Gasteiger partial charge in [0.25, 0.3) is 0 Å². The number of halogens is 3. The van der Waals surface area contributed by atoms with Crippen molar-refractivity contribution in [1.29, 1.82) is 0 Å². The van der Waals surface area contributed by atoms with Gasteiger partial charge in [-0.15, -0.1) is 11.3 Å². The smallest absolute Gasteiger partial charge is 0.395 e. The molecule has 2 heterocycles. The molecule has 0 fully saturated rings. The van der Waals surface area contributed by atoms with Crippen LogP contribution in [-0.2, 0) is 0 Å². The Morgan fingerprint density at radius 2 is 2.11 bits per heavy atom. The number of hydrogen-bond donors (Lipinski definition) is 1. The first-order chi connectivity index (χ1) is 8.92. The summed E-state index contributed by atoms with van der Waals surface area (Å²) in [7, 11) is 0. The van der Waals surface area contributed by atoms with Crippen LogP contribution in [0.1, 0.15) is 5.56 Å². The fourth-order valence-electron chi connectivity index (χ4n) is 1.78. The molecule has 0 unspecified atom stereocenters. The van der Waals surface area contributed by atoms with Gasteiger partial charge in [0.15, 0.2) is 0 Å². The van der Waals surface area contributed by atoms with Gasteiger partial charge < -0.3 is 10.0 Å². The van der Waals surface area contributed by atoms with Crippen molar-refractivity contribution < 1.29 is 18.3 Å². The third kappa shape index (κ3) is 3.13. The van der Waals surface area contributed by atoms with Crippen LogP contribution in [0.3, 0.4) is 0 Å². The summed E-state index contributed by atoms with van der Waals surface area (Å²) in [5, 5.41) is 10.8. The summed E-state index contributed by atoms with van der Waals surface area (Å²) in [6.07, 6.45) is -3.10. The zero-order valence-electron chi connectivity index (χ0n) is 10.1. The van der Waals surface area contributed by atoms with E-state index >= 15 is 0 Å². The third-order valence-electron chi connectivity index (χ3n) is 2.55. The van der Waals surface area contributed by atoms with E-state index in [9.17, 15) is 13.2 Å². The maximum absolute atomic E-state index is 12.6. The summed E-state index contributed by atoms with van der Waals surface area (Å²) in [4.78, 5) is 9.03. The zero-order chi connectivity index (χ0) is 14.0. The summed E-state index contributed by atoms with van der Waals surface area (Å²) >= 11 is 1.31. The van der Waals surface area contributed by atoms with E-state index in [-0.39, 0.29) is 19.0 Å². The molecule has 104 valence electrons. The van der Waals surface area contributed by atoms with Gasteiger partial charge in [0.2, 0.25) is 0 Å². The largest absolute Gasteiger partial charge is 0.405 e. The van der Waals surface area contributed by atoms with Gasteiger partial charge in [0.05, 0.1) is 16.8 Å². The fraction of sp³-hybridized carbons (Fsp3) is 0.455. The molecule has 0 bridgehead atoms. The van der Waals surface area contributed by atoms with Crippen molar-refractivity contribution in [2.75, 3.05) is 24.6 Å². The SMILES string of the molecule is Cc1csc2c(N(CCO)CC(F)(F)F)ncnc12. The van der Waals surface area contributed by atoms with Crippen molar-refractivity contribution in [2.45, 2.75) is 13.1 Å². The van der Waals surface area contributed by atoms with Crippen LogP contribution >= 0.6 is 11.3 Å². The molecule has 2 aromatic heterocycles. The molecule has 0 atom stereocenters. The second kappa shape index (κ2) is 5.30. The molecule has 8 heteroatoms. The molecule has 0 spiro atoms. The van der Waals surface area contributed by atoms with Crippen molar-refractivity contribution in [2.24, 2.45) is 0 Å². The number of aryl methyl sites for hydroxylation is 1. The molecular formula is C11H12F3N3OS. The second-order valence-electron chi connectivity index (χ2n) is 4.05. The molecule has 4 nitrogen and oxygen atoms in total. The lowest BCUT2D eigenvalue weighted by Gasteiger charge is -2.24. The van der Waals surface area contributed by atoms with Gasteiger partial charge in [-0.05, 0) is 17.9 Å². The van der Waals surface area contributed by atoms with Crippen LogP contribution in [0.4, 0.5) is 19.0 Å². The van der Waals surface area contributed by atoms with Crippen LogP contribution in [0.15, 0.2) is 11.7 Å². The standard InChI is InChI=1S/C11H12F3N3OS/c1-7-4-19-9-8(7)15-6-16-10(9)17(2-3-18)5-11(12,13)14/h4,6,18H,2-3,5H2,1H3. The first-order valence-electron chi connectivity index (χ1n) is 5.53. The number of thiophene rings is 1. The first kappa shape index (κ1) is 14.0. The number of aliphatic hydroxyl groups excluding tert-OH is 1. The quantitative estimate of drug-likeness (QED) is 0.939. The Balaban J connectivity index is 2.44. The molecule has 0 saturated carbocycles. The fourth-order valence-corrected chi connectivity index (χ4v) is 2.80. The number of rotatable bonds is 4. The molecule has 0 amide bonds. The lowest BCUT2D eigenvalue weighted by molar-refractivity contribution is -0.119. The number of anilines is 1. The van der Waals surface area contributed by atoms with Crippen LogP contribution in [0.5, 0.6) is 0 Å². The van der Waals surface area contributed by atoms with Crippen molar-refractivity contribution >= 4 is 27.4 Å². The zero-order valence-corrected chi connectivity index (χ0v) is 10.9. The molecule has 2 rings (SSSR count). The highest BCUT2D eigenvalue weighted by atomic mass is 32.1. The lowest BCUT2D eigenvalue weighted by Crippen LogP contribution is -2.36. The van der Waals surface area contributed by atoms with Crippen LogP contribution in [0.2, 0.25) is 0 Å². The molecule has 0 radical (unpaired) electrons. The average Bonchev–Trinajstić information content (AvgIpc) is 2.69. The van der Waals surface area contributed by atoms with Crippen LogP contribution < -0.4 is 4.90 Å². The van der Waals surface area contributed by atoms with E-state index in [2.05, 4.69) is 9.97 Å². The minimum atomic E-state index is -4.35. The molecule has 2 aromatic rings. The minimum absolute atomic E-state index is 0.122. The number of aliphatic hydroxyl groups is 1. The van der Waals surface area contributed by atoms with Crippen molar-refractivity contribution in [3.8, 4) is 0 Å². The van der Waals surface area contributed by atoms with Crippen molar-refractivity contribution in [3.63, 3.8) is 0 Å². The van der Waals surface area contributed by atoms with Crippen LogP contribution in [0, 0.1) is 6.92 Å². The minimum Gasteiger partial charge on any atom is -0.395 e. The van der Waals surface area contributed by atoms with E-state index in [1.54, 1.807) is 0 Å². The topological polar surface area (TPSA) is 49.2 Å². The maximum Gasteiger partial charge on any atom is 0.405 e. The molecule has 0 aliphatic rings. The Bertz CT molecular complexity index is 570. The maximum atomic E-state index is 12.6. The van der Waals surface area contributed by atoms with E-state index < -0.39 is 12.7 Å². The Morgan fingerprint density at radius 3 is 2.74 bits per heavy atom. The Labute approximate surface area is 111 Å². The molecule has 19 heavy (non-hydrogen) atoms. The van der Waals surface area contributed by atoms with Gasteiger partial charge in [-0.1, -0.05) is 0 Å². The predicted molar refractivity (Wildman–Crippen MR) is 67.5 cm³/mol. The van der Waals surface area contributed by atoms with E-state index in [0.29, 0.717) is 10.2 Å². The van der Waals surface area contributed by atoms with Crippen molar-refractivity contribution in [1.82, 2.24) is 9.97 Å². The summed E-state index contributed by atoms with van der Waals surface area (Å²) in [6.45, 7) is 0.209. The monoisotopic (exact) mass is 291 g/mol. The average molecular weight is 291 g/mol. The molecule has 0 aliphatic heterocycles. The van der Waals surface area contributed by atoms with Gasteiger partial charge in [0.1, 0.15) is 18.7 Å². The van der Waals surface area contributed by atoms with E-state index in [1.807, 2.05) is 12.3 Å². The molecule has 0 aliphatic carbocycles. The van der Waals surface area contributed by atoms with E-state index in [1.165, 1.54) is 17.7 Å². The second-order valence-corrected chi connectivity index (χ2v) is 4.93. The number of aromatic nitrogens is 2. The van der Waals surface area contributed by atoms with Gasteiger partial charge in [-0.3, -0.25) is 0 Å². The predicted octanol–water partition coefficient (Wildman–Crippen LogP) is 2.36. The normalized spacial score (nSPS) is 12.1. The highest BCUT2D eigenvalue weighted by Gasteiger charge is 2.32. The number of alkyl halides is 3. The number of hydrogen-bond acceptors (Lipinski definition) is 5. The Hall–Kier alpha value is -1.41. The van der Waals surface area contributed by atoms with E-state index in [0.717, 1.165) is 10.5 Å². The highest BCUT2D eigenvalue weighted by molar-refractivity contribution is 7.18. The summed E-state index contributed by atoms with van der Waals surface area (Å²) < 4.78 is 38.3. The van der Waals surface area contributed by atoms with Gasteiger partial charge in [0, 0.05) is 6.54 Å². The van der Waals surface area contributed by atoms with Crippen LogP contribution in [-0.4, -0.2) is 40.9 Å². The Kier molecular flexibility index (Phi) is 3.91. The summed E-state index contributed by atoms with van der Waals surface area (Å²) in [5.41, 5.74) is 1.56. The van der Waals surface area contributed by atoms with Gasteiger partial charge in [-0.25, -0.2) is 9.97 Å². The summed E-state index contributed by atoms with van der Waals surface area (Å²) in [5.74, 6) is 0.217. The molecule has 0 aromatic carbocycles. The van der Waals surface area contributed by atoms with E-state index in [4.69, 9.17) is 5.11 Å². The van der Waals surface area contributed by atoms with Gasteiger partial charge in [-0.2, -0.15) is 13.2 Å². The first-order valence-corrected chi connectivity index (χ1v) is 6.41. The third-order valence-corrected chi connectivity index (χ3v) is 3.63. The van der Waals surface area contributed by atoms with Crippen LogP contribution in [0.25, 0.3) is 10.2 Å². The Morgan fingerprint density at radius 1 is 1.37 bits per heavy atom. The molecule has 0 saturated heterocycles. The van der Waals surface area contributed by atoms with Gasteiger partial charge >= 0.3 is 6.18 Å². The summed E-state index contributed by atoms with van der Waals surface area (Å²) in [6, 6.07) is 0. The molecule has 1 N–H and O–H groups in total.